The fraction of sp³-hybridized carbons (Fsp3) is 0.400. The van der Waals surface area contributed by atoms with E-state index in [1.807, 2.05) is 39.7 Å². The van der Waals surface area contributed by atoms with Gasteiger partial charge in [0.15, 0.2) is 0 Å². The van der Waals surface area contributed by atoms with Crippen molar-refractivity contribution in [1.29, 1.82) is 0 Å². The summed E-state index contributed by atoms with van der Waals surface area (Å²) in [5.74, 6) is 2.59. The lowest BCUT2D eigenvalue weighted by molar-refractivity contribution is 0.0445. The van der Waals surface area contributed by atoms with Gasteiger partial charge in [-0.05, 0) is 35.8 Å². The summed E-state index contributed by atoms with van der Waals surface area (Å²) in [6.07, 6.45) is 9.02. The van der Waals surface area contributed by atoms with Crippen molar-refractivity contribution in [1.82, 2.24) is 13.9 Å². The van der Waals surface area contributed by atoms with Crippen molar-refractivity contribution < 1.29 is 0 Å². The second kappa shape index (κ2) is 3.02. The first kappa shape index (κ1) is 11.9. The fourth-order valence-electron chi connectivity index (χ4n) is 8.05. The molecule has 122 valence electrons. The highest BCUT2D eigenvalue weighted by atomic mass is 16.2. The molecule has 2 spiro atoms. The van der Waals surface area contributed by atoms with Gasteiger partial charge in [0, 0.05) is 10.8 Å². The molecule has 25 heavy (non-hydrogen) atoms. The maximum absolute atomic E-state index is 13.3. The molecular weight excluding hydrogens is 314 g/mol. The molecule has 1 aromatic heterocycles. The van der Waals surface area contributed by atoms with Gasteiger partial charge in [-0.15, -0.1) is 0 Å². The molecule has 0 radical (unpaired) electrons. The molecule has 5 aliphatic carbocycles. The Hall–Kier alpha value is -2.56. The van der Waals surface area contributed by atoms with Gasteiger partial charge in [-0.25, -0.2) is 23.5 Å². The van der Waals surface area contributed by atoms with E-state index in [4.69, 9.17) is 0 Å². The zero-order valence-electron chi connectivity index (χ0n) is 13.3. The van der Waals surface area contributed by atoms with E-state index in [1.165, 1.54) is 4.57 Å². The summed E-state index contributed by atoms with van der Waals surface area (Å²) < 4.78 is 5.06. The summed E-state index contributed by atoms with van der Waals surface area (Å²) >= 11 is 0. The Labute approximate surface area is 142 Å². The van der Waals surface area contributed by atoms with E-state index < -0.39 is 0 Å². The predicted molar refractivity (Wildman–Crippen MR) is 89.5 cm³/mol. The number of para-hydroxylation sites is 1. The number of hydrogen-bond acceptors (Lipinski definition) is 2. The van der Waals surface area contributed by atoms with Crippen LogP contribution in [0.3, 0.4) is 0 Å². The van der Waals surface area contributed by atoms with Gasteiger partial charge in [0.2, 0.25) is 0 Å². The number of aromatic nitrogens is 3. The van der Waals surface area contributed by atoms with E-state index in [0.717, 1.165) is 5.92 Å². The molecule has 4 saturated carbocycles. The fourth-order valence-corrected chi connectivity index (χ4v) is 8.05. The molecule has 8 atom stereocenters. The lowest BCUT2D eigenvalue weighted by Gasteiger charge is -2.47. The van der Waals surface area contributed by atoms with Crippen LogP contribution in [0.25, 0.3) is 5.69 Å². The third kappa shape index (κ3) is 0.819. The molecule has 5 heteroatoms. The summed E-state index contributed by atoms with van der Waals surface area (Å²) in [6.45, 7) is 0. The van der Waals surface area contributed by atoms with Gasteiger partial charge in [0.05, 0.1) is 17.8 Å². The highest BCUT2D eigenvalue weighted by Crippen LogP contribution is 3.03. The molecular formula is C20H15N3O2. The van der Waals surface area contributed by atoms with Gasteiger partial charge in [-0.2, -0.15) is 0 Å². The minimum absolute atomic E-state index is 0.107. The van der Waals surface area contributed by atoms with Crippen LogP contribution in [-0.4, -0.2) is 13.9 Å². The van der Waals surface area contributed by atoms with Gasteiger partial charge in [0.1, 0.15) is 0 Å². The number of benzene rings is 1. The molecule has 0 amide bonds. The smallest absolute Gasteiger partial charge is 0.245 e. The molecule has 3 heterocycles. The Bertz CT molecular complexity index is 1130. The minimum atomic E-state index is -0.159. The normalized spacial score (nSPS) is 49.9. The molecule has 4 fully saturated rings. The van der Waals surface area contributed by atoms with Gasteiger partial charge in [-0.3, -0.25) is 0 Å². The van der Waals surface area contributed by atoms with Crippen LogP contribution < -0.4 is 11.4 Å². The molecule has 0 saturated heterocycles. The van der Waals surface area contributed by atoms with E-state index >= 15 is 0 Å². The summed E-state index contributed by atoms with van der Waals surface area (Å²) in [4.78, 5) is 26.6. The Morgan fingerprint density at radius 3 is 1.88 bits per heavy atom. The lowest BCUT2D eigenvalue weighted by atomic mass is 9.69. The van der Waals surface area contributed by atoms with Gasteiger partial charge >= 0.3 is 11.4 Å². The highest BCUT2D eigenvalue weighted by molar-refractivity contribution is 5.57. The predicted octanol–water partition coefficient (Wildman–Crippen LogP) is 1.51. The summed E-state index contributed by atoms with van der Waals surface area (Å²) in [5, 5.41) is 0. The van der Waals surface area contributed by atoms with Crippen molar-refractivity contribution in [2.45, 2.75) is 12.1 Å². The standard InChI is InChI=1S/C20H15N3O2/c24-17-21(10-6-2-1-3-7-10)18(25)23-16-13-11-12(13)15(22(17)23)19-8-4-5-9-20(16,19)14(11)19/h1-9,11-16H/t11?,12-,13+,14?,15+,16-,19+,20-. The SMILES string of the molecule is O=c1n(-c2ccccc2)c(=O)n2n1[C@H]1[C@@H]3C4C5[C@@]16C=CC=C[C@]56[C@H]2[C@@H]43. The summed E-state index contributed by atoms with van der Waals surface area (Å²) in [5.41, 5.74) is 0.568. The molecule has 5 nitrogen and oxygen atoms in total. The number of nitrogens with zero attached hydrogens (tertiary/aromatic N) is 3. The van der Waals surface area contributed by atoms with Crippen LogP contribution in [0.4, 0.5) is 0 Å². The van der Waals surface area contributed by atoms with Crippen LogP contribution in [0, 0.1) is 34.5 Å². The molecule has 2 bridgehead atoms. The Morgan fingerprint density at radius 2 is 1.32 bits per heavy atom. The van der Waals surface area contributed by atoms with Gasteiger partial charge in [0.25, 0.3) is 0 Å². The first-order chi connectivity index (χ1) is 12.2. The number of rotatable bonds is 1. The maximum atomic E-state index is 13.3. The molecule has 2 aliphatic heterocycles. The molecule has 7 aliphatic rings. The van der Waals surface area contributed by atoms with Crippen LogP contribution in [0.1, 0.15) is 12.1 Å². The number of hydrogen-bond donors (Lipinski definition) is 0. The van der Waals surface area contributed by atoms with E-state index in [-0.39, 0.29) is 34.3 Å². The monoisotopic (exact) mass is 329 g/mol. The lowest BCUT2D eigenvalue weighted by Crippen LogP contribution is -2.52. The second-order valence-corrected chi connectivity index (χ2v) is 8.61. The van der Waals surface area contributed by atoms with Crippen LogP contribution >= 0.6 is 0 Å². The van der Waals surface area contributed by atoms with Crippen molar-refractivity contribution in [3.63, 3.8) is 0 Å². The number of allylic oxidation sites excluding steroid dienone is 4. The van der Waals surface area contributed by atoms with Crippen molar-refractivity contribution in [2.75, 3.05) is 0 Å². The van der Waals surface area contributed by atoms with Crippen molar-refractivity contribution in [3.05, 3.63) is 75.6 Å². The molecule has 2 aromatic rings. The van der Waals surface area contributed by atoms with Crippen molar-refractivity contribution in [3.8, 4) is 5.69 Å². The summed E-state index contributed by atoms with van der Waals surface area (Å²) in [6, 6.07) is 9.67. The summed E-state index contributed by atoms with van der Waals surface area (Å²) in [7, 11) is 0. The zero-order chi connectivity index (χ0) is 16.3. The van der Waals surface area contributed by atoms with Gasteiger partial charge < -0.3 is 0 Å². The van der Waals surface area contributed by atoms with Crippen molar-refractivity contribution >= 4 is 0 Å². The van der Waals surface area contributed by atoms with Crippen LogP contribution in [-0.2, 0) is 0 Å². The van der Waals surface area contributed by atoms with Crippen LogP contribution in [0.2, 0.25) is 0 Å². The van der Waals surface area contributed by atoms with Crippen molar-refractivity contribution in [2.24, 2.45) is 34.5 Å². The van der Waals surface area contributed by atoms with E-state index in [0.29, 0.717) is 23.4 Å². The largest absolute Gasteiger partial charge is 0.352 e. The molecule has 9 rings (SSSR count). The van der Waals surface area contributed by atoms with Crippen LogP contribution in [0.15, 0.2) is 64.2 Å². The molecule has 1 aromatic carbocycles. The second-order valence-electron chi connectivity index (χ2n) is 8.61. The topological polar surface area (TPSA) is 48.9 Å². The average molecular weight is 329 g/mol. The minimum Gasteiger partial charge on any atom is -0.245 e. The van der Waals surface area contributed by atoms with E-state index in [2.05, 4.69) is 24.3 Å². The maximum Gasteiger partial charge on any atom is 0.352 e. The van der Waals surface area contributed by atoms with Crippen LogP contribution in [0.5, 0.6) is 0 Å². The van der Waals surface area contributed by atoms with Gasteiger partial charge in [-0.1, -0.05) is 42.5 Å². The first-order valence-corrected chi connectivity index (χ1v) is 9.14. The van der Waals surface area contributed by atoms with E-state index in [9.17, 15) is 9.59 Å². The first-order valence-electron chi connectivity index (χ1n) is 9.14. The Kier molecular flexibility index (Phi) is 1.44. The molecule has 0 N–H and O–H groups in total. The molecule has 2 unspecified atom stereocenters. The highest BCUT2D eigenvalue weighted by Gasteiger charge is 3.02. The third-order valence-electron chi connectivity index (χ3n) is 8.38. The Morgan fingerprint density at radius 1 is 0.760 bits per heavy atom. The average Bonchev–Trinajstić information content (AvgIpc) is 3.41. The quantitative estimate of drug-likeness (QED) is 0.796. The van der Waals surface area contributed by atoms with E-state index in [1.54, 1.807) is 0 Å². The zero-order valence-corrected chi connectivity index (χ0v) is 13.3. The Balaban J connectivity index is 1.50. The third-order valence-corrected chi connectivity index (χ3v) is 8.38.